The van der Waals surface area contributed by atoms with Gasteiger partial charge in [0.1, 0.15) is 0 Å². The molecule has 1 amide bonds. The molecule has 1 saturated heterocycles. The van der Waals surface area contributed by atoms with Gasteiger partial charge in [0.05, 0.1) is 6.42 Å². The van der Waals surface area contributed by atoms with Crippen molar-refractivity contribution in [1.29, 1.82) is 0 Å². The van der Waals surface area contributed by atoms with E-state index in [1.165, 1.54) is 6.42 Å². The van der Waals surface area contributed by atoms with Crippen molar-refractivity contribution in [2.24, 2.45) is 17.6 Å². The Bertz CT molecular complexity index is 487. The normalized spacial score (nSPS) is 29.3. The van der Waals surface area contributed by atoms with Crippen LogP contribution in [-0.2, 0) is 11.2 Å². The average Bonchev–Trinajstić information content (AvgIpc) is 2.40. The van der Waals surface area contributed by atoms with Gasteiger partial charge < -0.3 is 10.6 Å². The third kappa shape index (κ3) is 3.07. The molecule has 0 spiro atoms. The quantitative estimate of drug-likeness (QED) is 0.902. The number of carbonyl (C=O) groups excluding carboxylic acids is 1. The summed E-state index contributed by atoms with van der Waals surface area (Å²) < 4.78 is 1.02. The zero-order valence-corrected chi connectivity index (χ0v) is 13.2. The van der Waals surface area contributed by atoms with E-state index in [2.05, 4.69) is 20.8 Å². The Hall–Kier alpha value is -0.870. The minimum absolute atomic E-state index is 0.252. The molecular formula is C16H21BrN2O. The second-order valence-electron chi connectivity index (χ2n) is 6.27. The Morgan fingerprint density at radius 2 is 1.85 bits per heavy atom. The third-order valence-electron chi connectivity index (χ3n) is 4.55. The molecule has 2 N–H and O–H groups in total. The van der Waals surface area contributed by atoms with Crippen LogP contribution in [0.1, 0.15) is 24.8 Å². The predicted octanol–water partition coefficient (Wildman–Crippen LogP) is 2.58. The first-order valence-corrected chi connectivity index (χ1v) is 8.18. The number of halogens is 1. The highest BCUT2D eigenvalue weighted by Crippen LogP contribution is 2.34. The number of nitrogens with zero attached hydrogens (tertiary/aromatic N) is 1. The van der Waals surface area contributed by atoms with E-state index in [0.29, 0.717) is 24.3 Å². The molecule has 2 aliphatic rings. The van der Waals surface area contributed by atoms with Crippen molar-refractivity contribution in [2.45, 2.75) is 31.7 Å². The zero-order chi connectivity index (χ0) is 14.1. The smallest absolute Gasteiger partial charge is 0.227 e. The summed E-state index contributed by atoms with van der Waals surface area (Å²) in [7, 11) is 0. The van der Waals surface area contributed by atoms with E-state index in [4.69, 9.17) is 5.73 Å². The van der Waals surface area contributed by atoms with E-state index in [0.717, 1.165) is 36.0 Å². The molecule has 108 valence electrons. The molecule has 1 aromatic carbocycles. The van der Waals surface area contributed by atoms with E-state index in [-0.39, 0.29) is 5.91 Å². The molecule has 0 aromatic heterocycles. The van der Waals surface area contributed by atoms with Gasteiger partial charge in [-0.3, -0.25) is 4.79 Å². The number of hydrogen-bond donors (Lipinski definition) is 1. The van der Waals surface area contributed by atoms with E-state index in [9.17, 15) is 4.79 Å². The van der Waals surface area contributed by atoms with Crippen LogP contribution in [0.5, 0.6) is 0 Å². The van der Waals surface area contributed by atoms with Crippen LogP contribution >= 0.6 is 15.9 Å². The number of hydrogen-bond acceptors (Lipinski definition) is 2. The minimum Gasteiger partial charge on any atom is -0.342 e. The molecule has 4 heteroatoms. The molecule has 2 fully saturated rings. The van der Waals surface area contributed by atoms with E-state index in [1.54, 1.807) is 0 Å². The SMILES string of the molecule is NC1CC2CC(C1)CN(C(=O)Cc1ccccc1Br)C2. The average molecular weight is 337 g/mol. The van der Waals surface area contributed by atoms with Crippen LogP contribution < -0.4 is 5.73 Å². The van der Waals surface area contributed by atoms with Gasteiger partial charge in [0, 0.05) is 23.6 Å². The molecule has 2 unspecified atom stereocenters. The molecule has 1 aromatic rings. The molecule has 1 saturated carbocycles. The lowest BCUT2D eigenvalue weighted by Crippen LogP contribution is -2.50. The first-order valence-electron chi connectivity index (χ1n) is 7.38. The van der Waals surface area contributed by atoms with Crippen molar-refractivity contribution in [3.8, 4) is 0 Å². The summed E-state index contributed by atoms with van der Waals surface area (Å²) in [5, 5.41) is 0. The molecule has 3 rings (SSSR count). The summed E-state index contributed by atoms with van der Waals surface area (Å²) in [6, 6.07) is 8.32. The number of nitrogens with two attached hydrogens (primary N) is 1. The van der Waals surface area contributed by atoms with Crippen LogP contribution in [0.25, 0.3) is 0 Å². The van der Waals surface area contributed by atoms with Crippen molar-refractivity contribution in [2.75, 3.05) is 13.1 Å². The molecule has 1 aliphatic carbocycles. The van der Waals surface area contributed by atoms with Crippen molar-refractivity contribution in [1.82, 2.24) is 4.90 Å². The summed E-state index contributed by atoms with van der Waals surface area (Å²) in [5.41, 5.74) is 7.15. The van der Waals surface area contributed by atoms with E-state index in [1.807, 2.05) is 24.3 Å². The van der Waals surface area contributed by atoms with Gasteiger partial charge >= 0.3 is 0 Å². The summed E-state index contributed by atoms with van der Waals surface area (Å²) in [5.74, 6) is 1.48. The Kier molecular flexibility index (Phi) is 4.13. The monoisotopic (exact) mass is 336 g/mol. The van der Waals surface area contributed by atoms with Crippen molar-refractivity contribution in [3.05, 3.63) is 34.3 Å². The molecular weight excluding hydrogens is 316 g/mol. The minimum atomic E-state index is 0.252. The van der Waals surface area contributed by atoms with Gasteiger partial charge in [0.2, 0.25) is 5.91 Å². The Labute approximate surface area is 128 Å². The Balaban J connectivity index is 1.65. The van der Waals surface area contributed by atoms with Gasteiger partial charge in [-0.15, -0.1) is 0 Å². The fraction of sp³-hybridized carbons (Fsp3) is 0.562. The molecule has 1 heterocycles. The lowest BCUT2D eigenvalue weighted by atomic mass is 9.75. The summed E-state index contributed by atoms with van der Waals surface area (Å²) in [6.07, 6.45) is 3.91. The number of amides is 1. The molecule has 2 bridgehead atoms. The summed E-state index contributed by atoms with van der Waals surface area (Å²) in [4.78, 5) is 14.6. The zero-order valence-electron chi connectivity index (χ0n) is 11.6. The number of carbonyl (C=O) groups is 1. The lowest BCUT2D eigenvalue weighted by molar-refractivity contribution is -0.134. The van der Waals surface area contributed by atoms with Gasteiger partial charge in [0.15, 0.2) is 0 Å². The maximum atomic E-state index is 12.5. The van der Waals surface area contributed by atoms with Crippen LogP contribution in [0.2, 0.25) is 0 Å². The number of likely N-dealkylation sites (tertiary alicyclic amines) is 1. The molecule has 2 atom stereocenters. The number of benzene rings is 1. The van der Waals surface area contributed by atoms with Crippen molar-refractivity contribution in [3.63, 3.8) is 0 Å². The first-order chi connectivity index (χ1) is 9.61. The van der Waals surface area contributed by atoms with Gasteiger partial charge in [-0.05, 0) is 42.7 Å². The standard InChI is InChI=1S/C16H21BrN2O/c17-15-4-2-1-3-13(15)8-16(20)19-9-11-5-12(10-19)7-14(18)6-11/h1-4,11-12,14H,5-10,18H2. The maximum absolute atomic E-state index is 12.5. The van der Waals surface area contributed by atoms with Gasteiger partial charge in [0.25, 0.3) is 0 Å². The second kappa shape index (κ2) is 5.86. The molecule has 20 heavy (non-hydrogen) atoms. The predicted molar refractivity (Wildman–Crippen MR) is 83.2 cm³/mol. The highest BCUT2D eigenvalue weighted by atomic mass is 79.9. The van der Waals surface area contributed by atoms with E-state index < -0.39 is 0 Å². The fourth-order valence-corrected chi connectivity index (χ4v) is 4.16. The maximum Gasteiger partial charge on any atom is 0.227 e. The van der Waals surface area contributed by atoms with Crippen LogP contribution in [0, 0.1) is 11.8 Å². The Morgan fingerprint density at radius 1 is 1.20 bits per heavy atom. The number of piperidine rings is 1. The summed E-state index contributed by atoms with van der Waals surface area (Å²) in [6.45, 7) is 1.79. The Morgan fingerprint density at radius 3 is 2.50 bits per heavy atom. The van der Waals surface area contributed by atoms with E-state index >= 15 is 0 Å². The molecule has 1 aliphatic heterocycles. The third-order valence-corrected chi connectivity index (χ3v) is 5.32. The van der Waals surface area contributed by atoms with Gasteiger partial charge in [-0.1, -0.05) is 34.1 Å². The fourth-order valence-electron chi connectivity index (χ4n) is 3.73. The molecule has 0 radical (unpaired) electrons. The van der Waals surface area contributed by atoms with Gasteiger partial charge in [-0.2, -0.15) is 0 Å². The topological polar surface area (TPSA) is 46.3 Å². The largest absolute Gasteiger partial charge is 0.342 e. The first kappa shape index (κ1) is 14.1. The second-order valence-corrected chi connectivity index (χ2v) is 7.12. The van der Waals surface area contributed by atoms with Crippen LogP contribution in [-0.4, -0.2) is 29.9 Å². The highest BCUT2D eigenvalue weighted by molar-refractivity contribution is 9.10. The van der Waals surface area contributed by atoms with Gasteiger partial charge in [-0.25, -0.2) is 0 Å². The van der Waals surface area contributed by atoms with Crippen LogP contribution in [0.4, 0.5) is 0 Å². The lowest BCUT2D eigenvalue weighted by Gasteiger charge is -2.43. The number of fused-ring (bicyclic) bond motifs is 2. The van der Waals surface area contributed by atoms with Crippen LogP contribution in [0.3, 0.4) is 0 Å². The van der Waals surface area contributed by atoms with Crippen molar-refractivity contribution >= 4 is 21.8 Å². The van der Waals surface area contributed by atoms with Crippen LogP contribution in [0.15, 0.2) is 28.7 Å². The van der Waals surface area contributed by atoms with Crippen molar-refractivity contribution < 1.29 is 4.79 Å². The number of rotatable bonds is 2. The molecule has 3 nitrogen and oxygen atoms in total. The summed E-state index contributed by atoms with van der Waals surface area (Å²) >= 11 is 3.52. The highest BCUT2D eigenvalue weighted by Gasteiger charge is 2.35.